The van der Waals surface area contributed by atoms with Crippen LogP contribution in [0.25, 0.3) is 0 Å². The summed E-state index contributed by atoms with van der Waals surface area (Å²) in [6, 6.07) is 10.6. The van der Waals surface area contributed by atoms with Crippen LogP contribution in [0, 0.1) is 22.5 Å². The maximum atomic E-state index is 13.1. The van der Waals surface area contributed by atoms with Gasteiger partial charge in [-0.3, -0.25) is 19.2 Å². The number of halogens is 2. The molecule has 0 spiro atoms. The Bertz CT molecular complexity index is 1080. The van der Waals surface area contributed by atoms with E-state index in [0.717, 1.165) is 0 Å². The van der Waals surface area contributed by atoms with Crippen LogP contribution in [0.1, 0.15) is 25.7 Å². The number of hydrogen-bond donors (Lipinski definition) is 2. The van der Waals surface area contributed by atoms with Crippen molar-refractivity contribution >= 4 is 35.0 Å². The second-order valence-corrected chi connectivity index (χ2v) is 9.54. The summed E-state index contributed by atoms with van der Waals surface area (Å²) in [6.07, 6.45) is 1.63. The lowest BCUT2D eigenvalue weighted by Gasteiger charge is -2.27. The fourth-order valence-electron chi connectivity index (χ4n) is 4.13. The third kappa shape index (κ3) is 5.07. The van der Waals surface area contributed by atoms with Gasteiger partial charge in [0.25, 0.3) is 0 Å². The Balaban J connectivity index is 1.30. The molecule has 8 nitrogen and oxygen atoms in total. The Morgan fingerprint density at radius 1 is 0.667 bits per heavy atom. The molecule has 2 saturated carbocycles. The lowest BCUT2D eigenvalue weighted by Crippen LogP contribution is -2.46. The molecule has 4 rings (SSSR count). The van der Waals surface area contributed by atoms with Crippen LogP contribution < -0.4 is 10.6 Å². The minimum absolute atomic E-state index is 0.183. The lowest BCUT2D eigenvalue weighted by atomic mass is 10.0. The van der Waals surface area contributed by atoms with Crippen molar-refractivity contribution in [3.63, 3.8) is 0 Å². The van der Waals surface area contributed by atoms with Crippen LogP contribution in [-0.2, 0) is 19.2 Å². The summed E-state index contributed by atoms with van der Waals surface area (Å²) in [5.41, 5.74) is -1.53. The van der Waals surface area contributed by atoms with Crippen LogP contribution in [0.5, 0.6) is 0 Å². The van der Waals surface area contributed by atoms with Gasteiger partial charge >= 0.3 is 0 Å². The molecule has 2 aliphatic carbocycles. The number of rotatable bonds is 9. The second kappa shape index (κ2) is 9.67. The first kappa shape index (κ1) is 25.3. The molecular formula is C26H28F2N4O4. The molecule has 0 aromatic heterocycles. The van der Waals surface area contributed by atoms with Gasteiger partial charge in [-0.15, -0.1) is 0 Å². The van der Waals surface area contributed by atoms with Crippen LogP contribution in [0.2, 0.25) is 0 Å². The van der Waals surface area contributed by atoms with Crippen molar-refractivity contribution < 1.29 is 28.0 Å². The van der Waals surface area contributed by atoms with Gasteiger partial charge in [0.2, 0.25) is 23.6 Å². The molecule has 10 heteroatoms. The number of benzene rings is 2. The van der Waals surface area contributed by atoms with Gasteiger partial charge in [-0.1, -0.05) is 0 Å². The fourth-order valence-corrected chi connectivity index (χ4v) is 4.13. The number of anilines is 2. The zero-order chi connectivity index (χ0) is 26.1. The van der Waals surface area contributed by atoms with Crippen molar-refractivity contribution in [3.8, 4) is 0 Å². The summed E-state index contributed by atoms with van der Waals surface area (Å²) >= 11 is 0. The van der Waals surface area contributed by atoms with Crippen molar-refractivity contribution in [2.45, 2.75) is 25.7 Å². The molecule has 190 valence electrons. The van der Waals surface area contributed by atoms with Gasteiger partial charge in [0.05, 0.1) is 0 Å². The molecular weight excluding hydrogens is 470 g/mol. The fraction of sp³-hybridized carbons (Fsp3) is 0.385. The Kier molecular flexibility index (Phi) is 6.79. The monoisotopic (exact) mass is 498 g/mol. The van der Waals surface area contributed by atoms with Crippen molar-refractivity contribution in [1.29, 1.82) is 0 Å². The summed E-state index contributed by atoms with van der Waals surface area (Å²) < 4.78 is 26.2. The smallest absolute Gasteiger partial charge is 0.240 e. The zero-order valence-electron chi connectivity index (χ0n) is 20.1. The summed E-state index contributed by atoms with van der Waals surface area (Å²) in [5.74, 6) is -2.43. The predicted molar refractivity (Wildman–Crippen MR) is 129 cm³/mol. The molecule has 0 aliphatic heterocycles. The van der Waals surface area contributed by atoms with Crippen molar-refractivity contribution in [1.82, 2.24) is 9.80 Å². The molecule has 0 saturated heterocycles. The highest BCUT2D eigenvalue weighted by Crippen LogP contribution is 2.49. The normalized spacial score (nSPS) is 16.4. The number of nitrogens with one attached hydrogen (secondary N) is 2. The highest BCUT2D eigenvalue weighted by Gasteiger charge is 2.59. The van der Waals surface area contributed by atoms with E-state index in [-0.39, 0.29) is 24.9 Å². The average molecular weight is 499 g/mol. The predicted octanol–water partition coefficient (Wildman–Crippen LogP) is 3.02. The Morgan fingerprint density at radius 3 is 1.25 bits per heavy atom. The van der Waals surface area contributed by atoms with Gasteiger partial charge < -0.3 is 20.4 Å². The quantitative estimate of drug-likeness (QED) is 0.520. The third-order valence-corrected chi connectivity index (χ3v) is 6.86. The number of nitrogens with zero attached hydrogens (tertiary/aromatic N) is 2. The molecule has 4 amide bonds. The highest BCUT2D eigenvalue weighted by atomic mass is 19.1. The van der Waals surface area contributed by atoms with E-state index in [2.05, 4.69) is 10.6 Å². The average Bonchev–Trinajstić information content (AvgIpc) is 3.78. The van der Waals surface area contributed by atoms with E-state index >= 15 is 0 Å². The number of carbonyl (C=O) groups is 4. The van der Waals surface area contributed by atoms with Gasteiger partial charge in [0, 0.05) is 38.6 Å². The molecule has 0 heterocycles. The van der Waals surface area contributed by atoms with Gasteiger partial charge in [-0.2, -0.15) is 0 Å². The van der Waals surface area contributed by atoms with E-state index in [1.165, 1.54) is 58.3 Å². The Labute approximate surface area is 207 Å². The molecule has 0 bridgehead atoms. The SMILES string of the molecule is CN(CCN(C)C(=O)C1(C(=O)Nc2ccc(F)cc2)CC1)C(=O)C1(C(=O)Nc2ccc(F)cc2)CC1. The van der Waals surface area contributed by atoms with E-state index in [1.807, 2.05) is 0 Å². The van der Waals surface area contributed by atoms with Gasteiger partial charge in [-0.25, -0.2) is 8.78 Å². The van der Waals surface area contributed by atoms with Crippen molar-refractivity contribution in [2.75, 3.05) is 37.8 Å². The van der Waals surface area contributed by atoms with Gasteiger partial charge in [0.1, 0.15) is 22.5 Å². The van der Waals surface area contributed by atoms with Crippen LogP contribution in [0.4, 0.5) is 20.2 Å². The molecule has 0 unspecified atom stereocenters. The minimum atomic E-state index is -1.17. The highest BCUT2D eigenvalue weighted by molar-refractivity contribution is 6.13. The van der Waals surface area contributed by atoms with Crippen LogP contribution in [-0.4, -0.2) is 60.6 Å². The molecule has 36 heavy (non-hydrogen) atoms. The molecule has 2 aromatic carbocycles. The second-order valence-electron chi connectivity index (χ2n) is 9.54. The Hall–Kier alpha value is -3.82. The first-order valence-electron chi connectivity index (χ1n) is 11.7. The molecule has 0 radical (unpaired) electrons. The maximum absolute atomic E-state index is 13.1. The Morgan fingerprint density at radius 2 is 0.972 bits per heavy atom. The first-order chi connectivity index (χ1) is 17.1. The molecule has 2 aliphatic rings. The lowest BCUT2D eigenvalue weighted by molar-refractivity contribution is -0.145. The summed E-state index contributed by atoms with van der Waals surface area (Å²) in [4.78, 5) is 54.5. The molecule has 2 aromatic rings. The number of hydrogen-bond acceptors (Lipinski definition) is 4. The minimum Gasteiger partial charge on any atom is -0.343 e. The van der Waals surface area contributed by atoms with Gasteiger partial charge in [-0.05, 0) is 74.2 Å². The third-order valence-electron chi connectivity index (χ3n) is 6.86. The number of amides is 4. The maximum Gasteiger partial charge on any atom is 0.240 e. The van der Waals surface area contributed by atoms with Crippen molar-refractivity contribution in [2.24, 2.45) is 10.8 Å². The molecule has 0 atom stereocenters. The standard InChI is InChI=1S/C26H28F2N4O4/c1-31(23(35)25(11-12-25)21(33)29-19-7-3-17(27)4-8-19)15-16-32(2)24(36)26(13-14-26)22(34)30-20-9-5-18(28)6-10-20/h3-10H,11-16H2,1-2H3,(H,29,33)(H,30,34). The molecule has 2 N–H and O–H groups in total. The number of likely N-dealkylation sites (N-methyl/N-ethyl adjacent to an activating group) is 2. The van der Waals surface area contributed by atoms with E-state index in [4.69, 9.17) is 0 Å². The summed E-state index contributed by atoms with van der Waals surface area (Å²) in [7, 11) is 3.14. The van der Waals surface area contributed by atoms with E-state index in [1.54, 1.807) is 14.1 Å². The summed E-state index contributed by atoms with van der Waals surface area (Å²) in [5, 5.41) is 5.34. The first-order valence-corrected chi connectivity index (χ1v) is 11.7. The molecule has 2 fully saturated rings. The van der Waals surface area contributed by atoms with E-state index < -0.39 is 34.3 Å². The van der Waals surface area contributed by atoms with Crippen LogP contribution >= 0.6 is 0 Å². The number of carbonyl (C=O) groups excluding carboxylic acids is 4. The van der Waals surface area contributed by atoms with E-state index in [9.17, 15) is 28.0 Å². The van der Waals surface area contributed by atoms with E-state index in [0.29, 0.717) is 37.1 Å². The zero-order valence-corrected chi connectivity index (χ0v) is 20.1. The largest absolute Gasteiger partial charge is 0.343 e. The topological polar surface area (TPSA) is 98.8 Å². The van der Waals surface area contributed by atoms with Gasteiger partial charge in [0.15, 0.2) is 0 Å². The van der Waals surface area contributed by atoms with Crippen molar-refractivity contribution in [3.05, 3.63) is 60.2 Å². The van der Waals surface area contributed by atoms with Crippen LogP contribution in [0.3, 0.4) is 0 Å². The summed E-state index contributed by atoms with van der Waals surface area (Å²) in [6.45, 7) is 0.366. The van der Waals surface area contributed by atoms with Crippen LogP contribution in [0.15, 0.2) is 48.5 Å².